The summed E-state index contributed by atoms with van der Waals surface area (Å²) in [7, 11) is 0. The summed E-state index contributed by atoms with van der Waals surface area (Å²) in [6, 6.07) is 2.32. The highest BCUT2D eigenvalue weighted by Gasteiger charge is 2.40. The second-order valence-corrected chi connectivity index (χ2v) is 9.37. The molecule has 5 heteroatoms. The van der Waals surface area contributed by atoms with Gasteiger partial charge >= 0.3 is 0 Å². The highest BCUT2D eigenvalue weighted by Crippen LogP contribution is 2.38. The number of nitrogens with zero attached hydrogens (tertiary/aromatic N) is 1. The van der Waals surface area contributed by atoms with E-state index in [0.29, 0.717) is 12.5 Å². The lowest BCUT2D eigenvalue weighted by molar-refractivity contribution is -0.123. The van der Waals surface area contributed by atoms with Crippen LogP contribution >= 0.6 is 0 Å². The lowest BCUT2D eigenvalue weighted by Crippen LogP contribution is -2.51. The number of amides is 2. The molecule has 5 nitrogen and oxygen atoms in total. The molecular formula is C21H33N3O2. The molecule has 1 aromatic rings. The Hall–Kier alpha value is -1.78. The Kier molecular flexibility index (Phi) is 4.93. The van der Waals surface area contributed by atoms with Crippen LogP contribution in [0.15, 0.2) is 6.07 Å². The van der Waals surface area contributed by atoms with E-state index in [4.69, 9.17) is 0 Å². The third kappa shape index (κ3) is 3.81. The highest BCUT2D eigenvalue weighted by atomic mass is 16.2. The molecule has 2 aliphatic rings. The number of piperidine rings is 1. The Balaban J connectivity index is 1.63. The van der Waals surface area contributed by atoms with Crippen LogP contribution < -0.4 is 5.32 Å². The second-order valence-electron chi connectivity index (χ2n) is 9.37. The summed E-state index contributed by atoms with van der Waals surface area (Å²) in [4.78, 5) is 30.6. The zero-order valence-electron chi connectivity index (χ0n) is 17.0. The van der Waals surface area contributed by atoms with Crippen LogP contribution in [0.1, 0.15) is 75.6 Å². The van der Waals surface area contributed by atoms with Gasteiger partial charge in [-0.2, -0.15) is 0 Å². The summed E-state index contributed by atoms with van der Waals surface area (Å²) in [6.45, 7) is 13.3. The van der Waals surface area contributed by atoms with Gasteiger partial charge in [-0.05, 0) is 45.1 Å². The molecule has 2 N–H and O–H groups in total. The Morgan fingerprint density at radius 2 is 1.88 bits per heavy atom. The van der Waals surface area contributed by atoms with Crippen LogP contribution in [0, 0.1) is 18.8 Å². The zero-order chi connectivity index (χ0) is 19.2. The number of hydrogen-bond donors (Lipinski definition) is 2. The van der Waals surface area contributed by atoms with Crippen LogP contribution in [0.2, 0.25) is 0 Å². The molecule has 1 saturated heterocycles. The summed E-state index contributed by atoms with van der Waals surface area (Å²) < 4.78 is 0. The maximum atomic E-state index is 13.1. The van der Waals surface area contributed by atoms with Crippen LogP contribution in [0.5, 0.6) is 0 Å². The Bertz CT molecular complexity index is 701. The maximum Gasteiger partial charge on any atom is 0.255 e. The van der Waals surface area contributed by atoms with Crippen molar-refractivity contribution in [3.05, 3.63) is 23.0 Å². The topological polar surface area (TPSA) is 65.2 Å². The summed E-state index contributed by atoms with van der Waals surface area (Å²) in [5.41, 5.74) is 2.79. The highest BCUT2D eigenvalue weighted by molar-refractivity contribution is 5.96. The van der Waals surface area contributed by atoms with Crippen LogP contribution in [-0.4, -0.2) is 40.3 Å². The first-order chi connectivity index (χ1) is 12.1. The van der Waals surface area contributed by atoms with Gasteiger partial charge in [-0.3, -0.25) is 9.59 Å². The van der Waals surface area contributed by atoms with Gasteiger partial charge in [-0.1, -0.05) is 27.7 Å². The normalized spacial score (nSPS) is 28.8. The van der Waals surface area contributed by atoms with Crippen LogP contribution in [0.25, 0.3) is 0 Å². The van der Waals surface area contributed by atoms with Crippen molar-refractivity contribution in [3.8, 4) is 0 Å². The quantitative estimate of drug-likeness (QED) is 0.869. The molecule has 4 unspecified atom stereocenters. The summed E-state index contributed by atoms with van der Waals surface area (Å²) >= 11 is 0. The first kappa shape index (κ1) is 19.0. The van der Waals surface area contributed by atoms with E-state index in [2.05, 4.69) is 44.9 Å². The van der Waals surface area contributed by atoms with Crippen molar-refractivity contribution < 1.29 is 9.59 Å². The van der Waals surface area contributed by atoms with Crippen molar-refractivity contribution in [2.45, 2.75) is 78.3 Å². The number of H-pyrrole nitrogens is 1. The van der Waals surface area contributed by atoms with Gasteiger partial charge in [0.25, 0.3) is 5.91 Å². The largest absolute Gasteiger partial charge is 0.361 e. The SMILES string of the molecule is Cc1[nH]c(C(C)(C)C)cc1C(=O)N1CCC(NC(=O)C2CC2C)CC1C. The molecule has 4 atom stereocenters. The van der Waals surface area contributed by atoms with E-state index in [1.54, 1.807) is 0 Å². The summed E-state index contributed by atoms with van der Waals surface area (Å²) in [5.74, 6) is 1.04. The van der Waals surface area contributed by atoms with Crippen molar-refractivity contribution >= 4 is 11.8 Å². The van der Waals surface area contributed by atoms with Crippen LogP contribution in [-0.2, 0) is 10.2 Å². The molecule has 2 amide bonds. The van der Waals surface area contributed by atoms with Gasteiger partial charge in [-0.25, -0.2) is 0 Å². The molecular weight excluding hydrogens is 326 g/mol. The molecule has 0 bridgehead atoms. The number of carbonyl (C=O) groups is 2. The third-order valence-electron chi connectivity index (χ3n) is 5.98. The van der Waals surface area contributed by atoms with E-state index >= 15 is 0 Å². The molecule has 2 heterocycles. The maximum absolute atomic E-state index is 13.1. The van der Waals surface area contributed by atoms with Gasteiger partial charge in [-0.15, -0.1) is 0 Å². The fourth-order valence-electron chi connectivity index (χ4n) is 3.94. The van der Waals surface area contributed by atoms with Crippen molar-refractivity contribution in [2.24, 2.45) is 11.8 Å². The molecule has 3 rings (SSSR count). The van der Waals surface area contributed by atoms with E-state index in [1.165, 1.54) is 0 Å². The lowest BCUT2D eigenvalue weighted by Gasteiger charge is -2.38. The van der Waals surface area contributed by atoms with E-state index in [-0.39, 0.29) is 35.2 Å². The fraction of sp³-hybridized carbons (Fsp3) is 0.714. The Morgan fingerprint density at radius 3 is 2.38 bits per heavy atom. The van der Waals surface area contributed by atoms with Crippen molar-refractivity contribution in [3.63, 3.8) is 0 Å². The van der Waals surface area contributed by atoms with Gasteiger partial charge in [0.1, 0.15) is 0 Å². The van der Waals surface area contributed by atoms with E-state index in [1.807, 2.05) is 17.9 Å². The average Bonchev–Trinajstić information content (AvgIpc) is 3.13. The molecule has 26 heavy (non-hydrogen) atoms. The van der Waals surface area contributed by atoms with E-state index < -0.39 is 0 Å². The van der Waals surface area contributed by atoms with Gasteiger partial charge in [0.15, 0.2) is 0 Å². The predicted octanol–water partition coefficient (Wildman–Crippen LogP) is 3.39. The van der Waals surface area contributed by atoms with Crippen molar-refractivity contribution in [2.75, 3.05) is 6.54 Å². The molecule has 0 aromatic carbocycles. The number of aromatic nitrogens is 1. The monoisotopic (exact) mass is 359 g/mol. The molecule has 1 saturated carbocycles. The van der Waals surface area contributed by atoms with Gasteiger partial charge in [0.05, 0.1) is 5.56 Å². The molecule has 1 aromatic heterocycles. The minimum atomic E-state index is -0.00781. The molecule has 144 valence electrons. The minimum Gasteiger partial charge on any atom is -0.361 e. The lowest BCUT2D eigenvalue weighted by atomic mass is 9.92. The molecule has 0 spiro atoms. The molecule has 0 radical (unpaired) electrons. The number of carbonyl (C=O) groups excluding carboxylic acids is 2. The summed E-state index contributed by atoms with van der Waals surface area (Å²) in [6.07, 6.45) is 2.67. The van der Waals surface area contributed by atoms with Gasteiger partial charge in [0, 0.05) is 41.3 Å². The van der Waals surface area contributed by atoms with Crippen molar-refractivity contribution in [1.29, 1.82) is 0 Å². The average molecular weight is 360 g/mol. The minimum absolute atomic E-state index is 0.00781. The summed E-state index contributed by atoms with van der Waals surface area (Å²) in [5, 5.41) is 3.19. The standard InChI is InChI=1S/C21H33N3O2/c1-12-9-16(12)19(25)23-15-7-8-24(13(2)10-15)20(26)17-11-18(21(4,5)6)22-14(17)3/h11-13,15-16,22H,7-10H2,1-6H3,(H,23,25). The predicted molar refractivity (Wildman–Crippen MR) is 103 cm³/mol. The van der Waals surface area contributed by atoms with Gasteiger partial charge < -0.3 is 15.2 Å². The Labute approximate surface area is 156 Å². The molecule has 2 fully saturated rings. The number of aromatic amines is 1. The first-order valence-electron chi connectivity index (χ1n) is 9.89. The second kappa shape index (κ2) is 6.75. The molecule has 1 aliphatic carbocycles. The first-order valence-corrected chi connectivity index (χ1v) is 9.89. The van der Waals surface area contributed by atoms with Gasteiger partial charge in [0.2, 0.25) is 5.91 Å². The smallest absolute Gasteiger partial charge is 0.255 e. The number of hydrogen-bond acceptors (Lipinski definition) is 2. The van der Waals surface area contributed by atoms with E-state index in [9.17, 15) is 9.59 Å². The zero-order valence-corrected chi connectivity index (χ0v) is 17.0. The van der Waals surface area contributed by atoms with E-state index in [0.717, 1.165) is 36.2 Å². The number of aryl methyl sites for hydroxylation is 1. The fourth-order valence-corrected chi connectivity index (χ4v) is 3.94. The number of likely N-dealkylation sites (tertiary alicyclic amines) is 1. The molecule has 1 aliphatic heterocycles. The van der Waals surface area contributed by atoms with Crippen molar-refractivity contribution in [1.82, 2.24) is 15.2 Å². The Morgan fingerprint density at radius 1 is 1.23 bits per heavy atom. The van der Waals surface area contributed by atoms with Crippen LogP contribution in [0.3, 0.4) is 0 Å². The number of nitrogens with one attached hydrogen (secondary N) is 2. The van der Waals surface area contributed by atoms with Crippen LogP contribution in [0.4, 0.5) is 0 Å². The number of rotatable bonds is 3. The third-order valence-corrected chi connectivity index (χ3v) is 5.98.